The molecule has 0 bridgehead atoms. The Morgan fingerprint density at radius 1 is 1.12 bits per heavy atom. The van der Waals surface area contributed by atoms with Gasteiger partial charge in [0.1, 0.15) is 23.9 Å². The predicted molar refractivity (Wildman–Crippen MR) is 164 cm³/mol. The van der Waals surface area contributed by atoms with Crippen molar-refractivity contribution >= 4 is 34.8 Å². The number of nitrogens with one attached hydrogen (secondary N) is 2. The summed E-state index contributed by atoms with van der Waals surface area (Å²) in [6.45, 7) is 4.65. The number of carbonyl (C=O) groups excluding carboxylic acids is 2. The Morgan fingerprint density at radius 2 is 1.95 bits per heavy atom. The largest absolute Gasteiger partial charge is 0.495 e. The number of hydrogen-bond acceptors (Lipinski definition) is 8. The van der Waals surface area contributed by atoms with Gasteiger partial charge in [-0.1, -0.05) is 12.1 Å². The number of piperazine rings is 1. The van der Waals surface area contributed by atoms with E-state index in [1.807, 2.05) is 50.2 Å². The first-order valence-corrected chi connectivity index (χ1v) is 14.2. The van der Waals surface area contributed by atoms with E-state index in [1.165, 1.54) is 12.1 Å². The summed E-state index contributed by atoms with van der Waals surface area (Å²) in [5, 5.41) is 6.00. The van der Waals surface area contributed by atoms with Crippen molar-refractivity contribution in [2.24, 2.45) is 0 Å². The quantitative estimate of drug-likeness (QED) is 0.332. The Balaban J connectivity index is 1.31. The van der Waals surface area contributed by atoms with Gasteiger partial charge in [-0.25, -0.2) is 4.39 Å². The van der Waals surface area contributed by atoms with E-state index in [1.54, 1.807) is 31.6 Å². The Morgan fingerprint density at radius 3 is 2.72 bits per heavy atom. The van der Waals surface area contributed by atoms with Gasteiger partial charge in [0, 0.05) is 19.6 Å². The molecule has 3 aromatic rings. The molecule has 43 heavy (non-hydrogen) atoms. The lowest BCUT2D eigenvalue weighted by Gasteiger charge is -2.36. The first-order chi connectivity index (χ1) is 20.7. The first kappa shape index (κ1) is 30.1. The number of benzene rings is 2. The molecular formula is C33H37FN4O5. The van der Waals surface area contributed by atoms with Gasteiger partial charge < -0.3 is 29.4 Å². The van der Waals surface area contributed by atoms with E-state index in [2.05, 4.69) is 15.5 Å². The number of fused-ring (bicyclic) bond motifs is 1. The highest BCUT2D eigenvalue weighted by atomic mass is 19.1. The van der Waals surface area contributed by atoms with Gasteiger partial charge in [0.25, 0.3) is 0 Å². The second-order valence-electron chi connectivity index (χ2n) is 10.9. The molecule has 2 aromatic carbocycles. The molecule has 0 spiro atoms. The molecule has 1 amide bonds. The van der Waals surface area contributed by atoms with E-state index in [4.69, 9.17) is 13.9 Å². The van der Waals surface area contributed by atoms with Crippen LogP contribution in [-0.2, 0) is 20.9 Å². The number of allylic oxidation sites excluding steroid dienone is 2. The minimum atomic E-state index is -0.362. The second kappa shape index (κ2) is 13.3. The van der Waals surface area contributed by atoms with Crippen LogP contribution in [0, 0.1) is 5.82 Å². The Hall–Kier alpha value is -4.41. The molecule has 10 heteroatoms. The van der Waals surface area contributed by atoms with E-state index < -0.39 is 0 Å². The number of anilines is 1. The number of rotatable bonds is 10. The van der Waals surface area contributed by atoms with Crippen LogP contribution in [-0.4, -0.2) is 75.3 Å². The lowest BCUT2D eigenvalue weighted by Crippen LogP contribution is -2.52. The fourth-order valence-corrected chi connectivity index (χ4v) is 5.37. The van der Waals surface area contributed by atoms with E-state index in [0.29, 0.717) is 29.3 Å². The van der Waals surface area contributed by atoms with Gasteiger partial charge >= 0.3 is 5.97 Å². The van der Waals surface area contributed by atoms with Crippen LogP contribution in [0.25, 0.3) is 17.2 Å². The minimum Gasteiger partial charge on any atom is -0.495 e. The summed E-state index contributed by atoms with van der Waals surface area (Å²) in [4.78, 5) is 29.6. The monoisotopic (exact) mass is 588 g/mol. The molecule has 2 aliphatic rings. The van der Waals surface area contributed by atoms with Crippen molar-refractivity contribution in [1.29, 1.82) is 0 Å². The number of methoxy groups -OCH3 is 1. The van der Waals surface area contributed by atoms with E-state index in [0.717, 1.165) is 40.9 Å². The third kappa shape index (κ3) is 7.15. The zero-order chi connectivity index (χ0) is 30.5. The van der Waals surface area contributed by atoms with E-state index in [-0.39, 0.29) is 43.4 Å². The van der Waals surface area contributed by atoms with Gasteiger partial charge in [-0.15, -0.1) is 0 Å². The van der Waals surface area contributed by atoms with Gasteiger partial charge in [0.2, 0.25) is 5.91 Å². The van der Waals surface area contributed by atoms with Crippen LogP contribution in [0.5, 0.6) is 5.75 Å². The lowest BCUT2D eigenvalue weighted by atomic mass is 10.00. The normalized spacial score (nSPS) is 18.1. The summed E-state index contributed by atoms with van der Waals surface area (Å²) in [7, 11) is 5.53. The zero-order valence-corrected chi connectivity index (χ0v) is 24.9. The van der Waals surface area contributed by atoms with Crippen LogP contribution in [0.4, 0.5) is 10.1 Å². The second-order valence-corrected chi connectivity index (χ2v) is 10.9. The highest BCUT2D eigenvalue weighted by molar-refractivity contribution is 6.08. The van der Waals surface area contributed by atoms with Gasteiger partial charge in [-0.2, -0.15) is 0 Å². The minimum absolute atomic E-state index is 0.00299. The van der Waals surface area contributed by atoms with Crippen LogP contribution in [0.3, 0.4) is 0 Å². The summed E-state index contributed by atoms with van der Waals surface area (Å²) in [5.41, 5.74) is 5.64. The summed E-state index contributed by atoms with van der Waals surface area (Å²) in [6.07, 6.45) is 3.38. The van der Waals surface area contributed by atoms with Gasteiger partial charge in [0.15, 0.2) is 6.23 Å². The Bertz CT molecular complexity index is 1550. The SMILES string of the molecule is COc1cc(/C=C2/C(C)=C(CC(=O)NCc3ccco3)c3cc(F)ccc32)ccc1NCC(=O)OC1CN(C)CCN1C. The summed E-state index contributed by atoms with van der Waals surface area (Å²) < 4.78 is 30.9. The number of furan rings is 1. The molecule has 0 radical (unpaired) electrons. The van der Waals surface area contributed by atoms with Crippen LogP contribution in [0.15, 0.2) is 64.8 Å². The maximum atomic E-state index is 14.3. The zero-order valence-electron chi connectivity index (χ0n) is 24.9. The van der Waals surface area contributed by atoms with Crippen molar-refractivity contribution < 1.29 is 27.9 Å². The molecule has 1 fully saturated rings. The van der Waals surface area contributed by atoms with E-state index >= 15 is 0 Å². The number of likely N-dealkylation sites (N-methyl/N-ethyl adjacent to an activating group) is 2. The van der Waals surface area contributed by atoms with E-state index in [9.17, 15) is 14.0 Å². The van der Waals surface area contributed by atoms with Crippen molar-refractivity contribution in [2.45, 2.75) is 26.1 Å². The van der Waals surface area contributed by atoms with Crippen molar-refractivity contribution in [2.75, 3.05) is 52.7 Å². The highest BCUT2D eigenvalue weighted by Crippen LogP contribution is 2.44. The topological polar surface area (TPSA) is 96.3 Å². The first-order valence-electron chi connectivity index (χ1n) is 14.2. The van der Waals surface area contributed by atoms with Gasteiger partial charge in [-0.05, 0) is 96.9 Å². The van der Waals surface area contributed by atoms with Gasteiger partial charge in [0.05, 0.1) is 32.0 Å². The van der Waals surface area contributed by atoms with Crippen LogP contribution < -0.4 is 15.4 Å². The van der Waals surface area contributed by atoms with Crippen molar-refractivity contribution in [3.63, 3.8) is 0 Å². The fourth-order valence-electron chi connectivity index (χ4n) is 5.37. The molecule has 1 aliphatic heterocycles. The van der Waals surface area contributed by atoms with Crippen LogP contribution in [0.1, 0.15) is 35.8 Å². The molecular weight excluding hydrogens is 551 g/mol. The maximum absolute atomic E-state index is 14.3. The summed E-state index contributed by atoms with van der Waals surface area (Å²) in [5.74, 6) is 0.329. The summed E-state index contributed by atoms with van der Waals surface area (Å²) in [6, 6.07) is 13.8. The molecule has 1 atom stereocenters. The Labute approximate surface area is 250 Å². The third-order valence-electron chi connectivity index (χ3n) is 7.85. The molecule has 226 valence electrons. The average molecular weight is 589 g/mol. The molecule has 9 nitrogen and oxygen atoms in total. The number of nitrogens with zero attached hydrogens (tertiary/aromatic N) is 2. The molecule has 1 aromatic heterocycles. The number of ether oxygens (including phenoxy) is 2. The fraction of sp³-hybridized carbons (Fsp3) is 0.333. The standard InChI is InChI=1S/C33H37FN4O5/c1-21-26(25-9-8-23(34)16-28(25)27(21)17-31(39)36-18-24-6-5-13-42-24)14-22-7-10-29(30(15-22)41-4)35-19-33(40)43-32-20-37(2)11-12-38(32)3/h5-10,13-16,32,35H,11-12,17-20H2,1-4H3,(H,36,39)/b26-14-. The molecule has 1 aliphatic carbocycles. The van der Waals surface area contributed by atoms with Crippen molar-refractivity contribution in [3.05, 3.63) is 88.6 Å². The molecule has 5 rings (SSSR count). The van der Waals surface area contributed by atoms with Gasteiger partial charge in [-0.3, -0.25) is 14.5 Å². The average Bonchev–Trinajstić information content (AvgIpc) is 3.60. The number of carbonyl (C=O) groups is 2. The number of halogens is 1. The number of hydrogen-bond donors (Lipinski definition) is 2. The molecule has 1 unspecified atom stereocenters. The molecule has 2 heterocycles. The van der Waals surface area contributed by atoms with Crippen molar-refractivity contribution in [3.8, 4) is 5.75 Å². The lowest BCUT2D eigenvalue weighted by molar-refractivity contribution is -0.160. The molecule has 1 saturated heterocycles. The number of esters is 1. The summed E-state index contributed by atoms with van der Waals surface area (Å²) >= 11 is 0. The Kier molecular flexibility index (Phi) is 9.27. The molecule has 2 N–H and O–H groups in total. The number of amides is 1. The highest BCUT2D eigenvalue weighted by Gasteiger charge is 2.27. The van der Waals surface area contributed by atoms with Crippen LogP contribution in [0.2, 0.25) is 0 Å². The van der Waals surface area contributed by atoms with Crippen LogP contribution >= 0.6 is 0 Å². The maximum Gasteiger partial charge on any atom is 0.326 e. The van der Waals surface area contributed by atoms with Crippen molar-refractivity contribution in [1.82, 2.24) is 15.1 Å². The smallest absolute Gasteiger partial charge is 0.326 e. The molecule has 0 saturated carbocycles. The third-order valence-corrected chi connectivity index (χ3v) is 7.85. The predicted octanol–water partition coefficient (Wildman–Crippen LogP) is 4.62.